The van der Waals surface area contributed by atoms with Gasteiger partial charge in [-0.15, -0.1) is 0 Å². The van der Waals surface area contributed by atoms with Gasteiger partial charge in [0.25, 0.3) is 0 Å². The molecule has 0 atom stereocenters. The van der Waals surface area contributed by atoms with Crippen LogP contribution in [0.5, 0.6) is 0 Å². The molecule has 1 aliphatic rings. The molecular formula is C16H31N3O2. The van der Waals surface area contributed by atoms with E-state index >= 15 is 0 Å². The van der Waals surface area contributed by atoms with Crippen molar-refractivity contribution in [2.24, 2.45) is 22.2 Å². The molecule has 0 aliphatic heterocycles. The fraction of sp³-hybridized carbons (Fsp3) is 0.875. The van der Waals surface area contributed by atoms with Gasteiger partial charge in [-0.3, -0.25) is 4.79 Å². The highest BCUT2D eigenvalue weighted by Gasteiger charge is 2.48. The van der Waals surface area contributed by atoms with Gasteiger partial charge in [0.15, 0.2) is 5.84 Å². The van der Waals surface area contributed by atoms with Crippen LogP contribution in [0.25, 0.3) is 0 Å². The molecule has 21 heavy (non-hydrogen) atoms. The zero-order valence-corrected chi connectivity index (χ0v) is 13.9. The number of nitrogens with two attached hydrogens (primary N) is 1. The minimum atomic E-state index is -0.785. The number of hydrogen-bond donors (Lipinski definition) is 2. The number of oxime groups is 1. The van der Waals surface area contributed by atoms with Gasteiger partial charge in [0, 0.05) is 12.6 Å². The lowest BCUT2D eigenvalue weighted by Gasteiger charge is -2.38. The summed E-state index contributed by atoms with van der Waals surface area (Å²) in [5.74, 6) is 0.544. The molecule has 0 aromatic carbocycles. The largest absolute Gasteiger partial charge is 0.409 e. The molecule has 1 saturated carbocycles. The lowest BCUT2D eigenvalue weighted by molar-refractivity contribution is -0.141. The van der Waals surface area contributed by atoms with Gasteiger partial charge < -0.3 is 15.8 Å². The zero-order valence-electron chi connectivity index (χ0n) is 13.9. The van der Waals surface area contributed by atoms with E-state index in [0.717, 1.165) is 32.2 Å². The van der Waals surface area contributed by atoms with Gasteiger partial charge >= 0.3 is 0 Å². The summed E-state index contributed by atoms with van der Waals surface area (Å²) in [6.45, 7) is 9.19. The zero-order chi connectivity index (χ0) is 16.0. The molecule has 0 heterocycles. The van der Waals surface area contributed by atoms with Crippen molar-refractivity contribution in [3.05, 3.63) is 0 Å². The number of amides is 1. The molecule has 1 fully saturated rings. The fourth-order valence-corrected chi connectivity index (χ4v) is 3.45. The summed E-state index contributed by atoms with van der Waals surface area (Å²) in [6, 6.07) is 0.226. The normalized spacial score (nSPS) is 18.5. The Hall–Kier alpha value is -1.26. The first kappa shape index (κ1) is 17.8. The van der Waals surface area contributed by atoms with Crippen LogP contribution in [0.4, 0.5) is 0 Å². The molecule has 3 N–H and O–H groups in total. The molecule has 0 aromatic rings. The van der Waals surface area contributed by atoms with Crippen LogP contribution in [0.15, 0.2) is 5.16 Å². The highest BCUT2D eigenvalue weighted by atomic mass is 16.4. The average Bonchev–Trinajstić information content (AvgIpc) is 2.96. The van der Waals surface area contributed by atoms with Gasteiger partial charge in [-0.1, -0.05) is 45.7 Å². The molecule has 0 bridgehead atoms. The highest BCUT2D eigenvalue weighted by molar-refractivity contribution is 6.07. The van der Waals surface area contributed by atoms with Crippen LogP contribution in [0.3, 0.4) is 0 Å². The summed E-state index contributed by atoms with van der Waals surface area (Å²) in [5.41, 5.74) is 5.13. The lowest BCUT2D eigenvalue weighted by atomic mass is 9.82. The molecule has 0 aromatic heterocycles. The first-order chi connectivity index (χ1) is 9.92. The van der Waals surface area contributed by atoms with Crippen molar-refractivity contribution in [2.75, 3.05) is 6.54 Å². The van der Waals surface area contributed by atoms with Crippen molar-refractivity contribution in [1.82, 2.24) is 4.90 Å². The summed E-state index contributed by atoms with van der Waals surface area (Å²) < 4.78 is 0. The van der Waals surface area contributed by atoms with Crippen LogP contribution in [0, 0.1) is 11.3 Å². The van der Waals surface area contributed by atoms with E-state index in [9.17, 15) is 4.79 Å². The van der Waals surface area contributed by atoms with E-state index in [4.69, 9.17) is 10.9 Å². The molecule has 0 unspecified atom stereocenters. The Morgan fingerprint density at radius 2 is 1.81 bits per heavy atom. The number of rotatable bonds is 7. The van der Waals surface area contributed by atoms with Crippen molar-refractivity contribution < 1.29 is 10.0 Å². The fourth-order valence-electron chi connectivity index (χ4n) is 3.45. The van der Waals surface area contributed by atoms with E-state index in [1.54, 1.807) is 0 Å². The van der Waals surface area contributed by atoms with Gasteiger partial charge in [0.2, 0.25) is 5.91 Å². The van der Waals surface area contributed by atoms with Crippen LogP contribution in [-0.2, 0) is 4.79 Å². The maximum atomic E-state index is 13.2. The SMILES string of the molecule is CCC(CC)N(CC(C)C)C(=O)C1(C(N)=NO)CCCC1. The van der Waals surface area contributed by atoms with Gasteiger partial charge in [-0.05, 0) is 31.6 Å². The number of carbonyl (C=O) groups is 1. The minimum Gasteiger partial charge on any atom is -0.409 e. The highest BCUT2D eigenvalue weighted by Crippen LogP contribution is 2.41. The molecule has 5 heteroatoms. The van der Waals surface area contributed by atoms with E-state index in [-0.39, 0.29) is 17.8 Å². The van der Waals surface area contributed by atoms with Crippen molar-refractivity contribution in [3.8, 4) is 0 Å². The molecule has 1 amide bonds. The molecule has 0 saturated heterocycles. The minimum absolute atomic E-state index is 0.0534. The van der Waals surface area contributed by atoms with Crippen molar-refractivity contribution in [2.45, 2.75) is 72.3 Å². The van der Waals surface area contributed by atoms with Gasteiger partial charge in [0.1, 0.15) is 5.41 Å². The Kier molecular flexibility index (Phi) is 6.49. The smallest absolute Gasteiger partial charge is 0.236 e. The summed E-state index contributed by atoms with van der Waals surface area (Å²) in [4.78, 5) is 15.2. The Morgan fingerprint density at radius 3 is 2.19 bits per heavy atom. The number of nitrogens with zero attached hydrogens (tertiary/aromatic N) is 2. The van der Waals surface area contributed by atoms with Crippen LogP contribution in [0.2, 0.25) is 0 Å². The summed E-state index contributed by atoms with van der Waals surface area (Å²) in [7, 11) is 0. The van der Waals surface area contributed by atoms with Crippen LogP contribution in [-0.4, -0.2) is 34.4 Å². The number of carbonyl (C=O) groups excluding carboxylic acids is 1. The second-order valence-electron chi connectivity index (χ2n) is 6.60. The molecule has 0 radical (unpaired) electrons. The molecule has 1 rings (SSSR count). The first-order valence-corrected chi connectivity index (χ1v) is 8.22. The quantitative estimate of drug-likeness (QED) is 0.328. The second kappa shape index (κ2) is 7.66. The predicted octanol–water partition coefficient (Wildman–Crippen LogP) is 2.97. The first-order valence-electron chi connectivity index (χ1n) is 8.22. The Bertz CT molecular complexity index is 370. The summed E-state index contributed by atoms with van der Waals surface area (Å²) >= 11 is 0. The standard InChI is InChI=1S/C16H31N3O2/c1-5-13(6-2)19(11-12(3)4)15(20)16(14(17)18-21)9-7-8-10-16/h12-13,21H,5-11H2,1-4H3,(H2,17,18). The van der Waals surface area contributed by atoms with Crippen molar-refractivity contribution in [1.29, 1.82) is 0 Å². The van der Waals surface area contributed by atoms with E-state index < -0.39 is 5.41 Å². The van der Waals surface area contributed by atoms with E-state index in [0.29, 0.717) is 18.8 Å². The predicted molar refractivity (Wildman–Crippen MR) is 85.2 cm³/mol. The topological polar surface area (TPSA) is 78.9 Å². The van der Waals surface area contributed by atoms with Crippen molar-refractivity contribution >= 4 is 11.7 Å². The third-order valence-electron chi connectivity index (χ3n) is 4.67. The molecule has 5 nitrogen and oxygen atoms in total. The Labute approximate surface area is 128 Å². The average molecular weight is 297 g/mol. The maximum absolute atomic E-state index is 13.2. The maximum Gasteiger partial charge on any atom is 0.236 e. The molecule has 1 aliphatic carbocycles. The molecular weight excluding hydrogens is 266 g/mol. The van der Waals surface area contributed by atoms with E-state index in [1.807, 2.05) is 4.90 Å². The molecule has 122 valence electrons. The summed E-state index contributed by atoms with van der Waals surface area (Å²) in [5, 5.41) is 12.3. The summed E-state index contributed by atoms with van der Waals surface area (Å²) in [6.07, 6.45) is 5.16. The van der Waals surface area contributed by atoms with Gasteiger partial charge in [-0.2, -0.15) is 0 Å². The van der Waals surface area contributed by atoms with Crippen molar-refractivity contribution in [3.63, 3.8) is 0 Å². The van der Waals surface area contributed by atoms with E-state index in [2.05, 4.69) is 32.9 Å². The Morgan fingerprint density at radius 1 is 1.29 bits per heavy atom. The Balaban J connectivity index is 3.12. The van der Waals surface area contributed by atoms with Gasteiger partial charge in [-0.25, -0.2) is 0 Å². The molecule has 0 spiro atoms. The number of amidine groups is 1. The third kappa shape index (κ3) is 3.69. The second-order valence-corrected chi connectivity index (χ2v) is 6.60. The van der Waals surface area contributed by atoms with Gasteiger partial charge in [0.05, 0.1) is 0 Å². The number of hydrogen-bond acceptors (Lipinski definition) is 3. The van der Waals surface area contributed by atoms with Crippen LogP contribution in [0.1, 0.15) is 66.2 Å². The third-order valence-corrected chi connectivity index (χ3v) is 4.67. The monoisotopic (exact) mass is 297 g/mol. The lowest BCUT2D eigenvalue weighted by Crippen LogP contribution is -2.54. The van der Waals surface area contributed by atoms with E-state index in [1.165, 1.54) is 0 Å². The van der Waals surface area contributed by atoms with Crippen LogP contribution >= 0.6 is 0 Å². The van der Waals surface area contributed by atoms with Crippen LogP contribution < -0.4 is 5.73 Å².